The van der Waals surface area contributed by atoms with E-state index < -0.39 is 0 Å². The van der Waals surface area contributed by atoms with E-state index in [-0.39, 0.29) is 12.0 Å². The molecular weight excluding hydrogens is 318 g/mol. The zero-order valence-corrected chi connectivity index (χ0v) is 14.9. The summed E-state index contributed by atoms with van der Waals surface area (Å²) in [5.41, 5.74) is 1.99. The number of hydrogen-bond acceptors (Lipinski definition) is 5. The summed E-state index contributed by atoms with van der Waals surface area (Å²) in [5.74, 6) is 1.07. The fourth-order valence-corrected chi connectivity index (χ4v) is 3.12. The van der Waals surface area contributed by atoms with Crippen molar-refractivity contribution in [3.63, 3.8) is 0 Å². The van der Waals surface area contributed by atoms with Crippen LogP contribution in [0.4, 0.5) is 0 Å². The van der Waals surface area contributed by atoms with Crippen molar-refractivity contribution < 1.29 is 9.53 Å². The second-order valence-corrected chi connectivity index (χ2v) is 6.35. The van der Waals surface area contributed by atoms with Crippen LogP contribution in [0.5, 0.6) is 0 Å². The van der Waals surface area contributed by atoms with E-state index in [1.807, 2.05) is 35.6 Å². The number of aryl methyl sites for hydroxylation is 3. The van der Waals surface area contributed by atoms with Crippen LogP contribution in [0.25, 0.3) is 0 Å². The highest BCUT2D eigenvalue weighted by Crippen LogP contribution is 2.13. The fourth-order valence-electron chi connectivity index (χ4n) is 3.12. The standard InChI is InChI=1S/C18H25N5O2/c1-3-17-19-6-7-22(17)12-18(24)23-8-9-25-16(11-23)5-4-15-10-14(2)20-13-21-15/h6-7,10,13,16H,3-5,8-9,11-12H2,1-2H3/t16-/m0/s1. The van der Waals surface area contributed by atoms with Crippen LogP contribution in [-0.4, -0.2) is 56.1 Å². The Kier molecular flexibility index (Phi) is 5.75. The van der Waals surface area contributed by atoms with E-state index in [9.17, 15) is 4.79 Å². The van der Waals surface area contributed by atoms with Gasteiger partial charge in [0, 0.05) is 43.3 Å². The summed E-state index contributed by atoms with van der Waals surface area (Å²) in [5, 5.41) is 0. The maximum Gasteiger partial charge on any atom is 0.242 e. The van der Waals surface area contributed by atoms with Crippen molar-refractivity contribution >= 4 is 5.91 Å². The van der Waals surface area contributed by atoms with Gasteiger partial charge in [-0.1, -0.05) is 6.92 Å². The Morgan fingerprint density at radius 2 is 2.24 bits per heavy atom. The van der Waals surface area contributed by atoms with Gasteiger partial charge in [0.05, 0.1) is 12.7 Å². The Hall–Kier alpha value is -2.28. The van der Waals surface area contributed by atoms with Crippen molar-refractivity contribution in [1.29, 1.82) is 0 Å². The molecule has 1 aliphatic rings. The topological polar surface area (TPSA) is 73.1 Å². The summed E-state index contributed by atoms with van der Waals surface area (Å²) in [6.45, 7) is 6.23. The number of carbonyl (C=O) groups is 1. The van der Waals surface area contributed by atoms with Gasteiger partial charge in [-0.25, -0.2) is 15.0 Å². The van der Waals surface area contributed by atoms with Gasteiger partial charge < -0.3 is 14.2 Å². The molecule has 1 amide bonds. The highest BCUT2D eigenvalue weighted by atomic mass is 16.5. The highest BCUT2D eigenvalue weighted by Gasteiger charge is 2.24. The lowest BCUT2D eigenvalue weighted by Gasteiger charge is -2.33. The molecule has 1 aliphatic heterocycles. The van der Waals surface area contributed by atoms with Crippen LogP contribution in [0.2, 0.25) is 0 Å². The largest absolute Gasteiger partial charge is 0.375 e. The third-order valence-electron chi connectivity index (χ3n) is 4.50. The van der Waals surface area contributed by atoms with Crippen molar-refractivity contribution in [2.75, 3.05) is 19.7 Å². The molecule has 0 spiro atoms. The van der Waals surface area contributed by atoms with E-state index >= 15 is 0 Å². The molecule has 7 nitrogen and oxygen atoms in total. The summed E-state index contributed by atoms with van der Waals surface area (Å²) >= 11 is 0. The number of carbonyl (C=O) groups excluding carboxylic acids is 1. The number of hydrogen-bond donors (Lipinski definition) is 0. The molecule has 1 atom stereocenters. The second-order valence-electron chi connectivity index (χ2n) is 6.35. The zero-order valence-electron chi connectivity index (χ0n) is 14.9. The third kappa shape index (κ3) is 4.63. The molecule has 3 heterocycles. The van der Waals surface area contributed by atoms with E-state index in [4.69, 9.17) is 4.74 Å². The van der Waals surface area contributed by atoms with Crippen molar-refractivity contribution in [1.82, 2.24) is 24.4 Å². The predicted molar refractivity (Wildman–Crippen MR) is 93.0 cm³/mol. The minimum atomic E-state index is 0.0569. The number of amides is 1. The molecule has 3 rings (SSSR count). The first-order valence-corrected chi connectivity index (χ1v) is 8.82. The Morgan fingerprint density at radius 1 is 1.36 bits per heavy atom. The van der Waals surface area contributed by atoms with Crippen molar-refractivity contribution in [3.8, 4) is 0 Å². The maximum atomic E-state index is 12.6. The molecule has 0 radical (unpaired) electrons. The van der Waals surface area contributed by atoms with Crippen molar-refractivity contribution in [2.24, 2.45) is 0 Å². The molecule has 0 aliphatic carbocycles. The normalized spacial score (nSPS) is 17.7. The minimum absolute atomic E-state index is 0.0569. The Labute approximate surface area is 148 Å². The molecular formula is C18H25N5O2. The lowest BCUT2D eigenvalue weighted by molar-refractivity contribution is -0.139. The monoisotopic (exact) mass is 343 g/mol. The van der Waals surface area contributed by atoms with E-state index in [1.54, 1.807) is 12.5 Å². The van der Waals surface area contributed by atoms with Gasteiger partial charge >= 0.3 is 0 Å². The molecule has 2 aromatic rings. The average Bonchev–Trinajstić information content (AvgIpc) is 3.07. The first-order valence-electron chi connectivity index (χ1n) is 8.82. The highest BCUT2D eigenvalue weighted by molar-refractivity contribution is 5.76. The van der Waals surface area contributed by atoms with Crippen LogP contribution in [0, 0.1) is 6.92 Å². The van der Waals surface area contributed by atoms with Crippen LogP contribution in [-0.2, 0) is 28.9 Å². The molecule has 0 N–H and O–H groups in total. The number of morpholine rings is 1. The van der Waals surface area contributed by atoms with Crippen LogP contribution in [0.3, 0.4) is 0 Å². The van der Waals surface area contributed by atoms with Gasteiger partial charge in [-0.3, -0.25) is 4.79 Å². The minimum Gasteiger partial charge on any atom is -0.375 e. The molecule has 1 fully saturated rings. The molecule has 1 saturated heterocycles. The van der Waals surface area contributed by atoms with Gasteiger partial charge in [0.1, 0.15) is 18.7 Å². The van der Waals surface area contributed by atoms with Gasteiger partial charge in [0.2, 0.25) is 5.91 Å². The van der Waals surface area contributed by atoms with Crippen LogP contribution in [0.1, 0.15) is 30.6 Å². The number of aromatic nitrogens is 4. The Morgan fingerprint density at radius 3 is 3.04 bits per heavy atom. The molecule has 0 unspecified atom stereocenters. The van der Waals surface area contributed by atoms with Gasteiger partial charge in [-0.05, 0) is 25.8 Å². The molecule has 134 valence electrons. The number of imidazole rings is 1. The van der Waals surface area contributed by atoms with Gasteiger partial charge in [0.15, 0.2) is 0 Å². The number of rotatable bonds is 6. The van der Waals surface area contributed by atoms with Gasteiger partial charge in [0.25, 0.3) is 0 Å². The first kappa shape index (κ1) is 17.5. The fraction of sp³-hybridized carbons (Fsp3) is 0.556. The summed E-state index contributed by atoms with van der Waals surface area (Å²) in [7, 11) is 0. The Balaban J connectivity index is 1.52. The SMILES string of the molecule is CCc1nccn1CC(=O)N1CCO[C@@H](CCc2cc(C)ncn2)C1. The second kappa shape index (κ2) is 8.20. The van der Waals surface area contributed by atoms with E-state index in [0.29, 0.717) is 26.2 Å². The van der Waals surface area contributed by atoms with Crippen LogP contribution in [0.15, 0.2) is 24.8 Å². The van der Waals surface area contributed by atoms with Gasteiger partial charge in [-0.15, -0.1) is 0 Å². The number of ether oxygens (including phenoxy) is 1. The van der Waals surface area contributed by atoms with Crippen LogP contribution >= 0.6 is 0 Å². The predicted octanol–water partition coefficient (Wildman–Crippen LogP) is 1.40. The Bertz CT molecular complexity index is 715. The lowest BCUT2D eigenvalue weighted by Crippen LogP contribution is -2.47. The summed E-state index contributed by atoms with van der Waals surface area (Å²) in [6, 6.07) is 2.00. The first-order chi connectivity index (χ1) is 12.2. The molecule has 0 aromatic carbocycles. The molecule has 7 heteroatoms. The average molecular weight is 343 g/mol. The number of nitrogens with zero attached hydrogens (tertiary/aromatic N) is 5. The molecule has 2 aromatic heterocycles. The van der Waals surface area contributed by atoms with E-state index in [2.05, 4.69) is 15.0 Å². The van der Waals surface area contributed by atoms with Crippen molar-refractivity contribution in [3.05, 3.63) is 42.0 Å². The van der Waals surface area contributed by atoms with Crippen LogP contribution < -0.4 is 0 Å². The molecule has 0 saturated carbocycles. The molecule has 25 heavy (non-hydrogen) atoms. The molecule has 0 bridgehead atoms. The maximum absolute atomic E-state index is 12.6. The summed E-state index contributed by atoms with van der Waals surface area (Å²) in [4.78, 5) is 27.2. The third-order valence-corrected chi connectivity index (χ3v) is 4.50. The van der Waals surface area contributed by atoms with E-state index in [1.165, 1.54) is 0 Å². The smallest absolute Gasteiger partial charge is 0.242 e. The van der Waals surface area contributed by atoms with Gasteiger partial charge in [-0.2, -0.15) is 0 Å². The summed E-state index contributed by atoms with van der Waals surface area (Å²) < 4.78 is 7.76. The summed E-state index contributed by atoms with van der Waals surface area (Å²) in [6.07, 6.45) is 7.78. The lowest BCUT2D eigenvalue weighted by atomic mass is 10.1. The zero-order chi connectivity index (χ0) is 17.6. The van der Waals surface area contributed by atoms with Crippen molar-refractivity contribution in [2.45, 2.75) is 45.8 Å². The van der Waals surface area contributed by atoms with E-state index in [0.717, 1.165) is 36.5 Å². The quantitative estimate of drug-likeness (QED) is 0.793.